The zero-order valence-electron chi connectivity index (χ0n) is 32.9. The minimum atomic E-state index is -3.35. The van der Waals surface area contributed by atoms with Gasteiger partial charge in [-0.25, -0.2) is 4.98 Å². The normalized spacial score (nSPS) is 14.4. The van der Waals surface area contributed by atoms with E-state index in [0.717, 1.165) is 93.0 Å². The predicted octanol–water partition coefficient (Wildman–Crippen LogP) is 12.4. The quantitative estimate of drug-likeness (QED) is 0.157. The minimum absolute atomic E-state index is 0.486. The number of fused-ring (bicyclic) bond motifs is 9. The Balaban J connectivity index is 1.15. The highest BCUT2D eigenvalue weighted by Crippen LogP contribution is 2.55. The van der Waals surface area contributed by atoms with Gasteiger partial charge in [0, 0.05) is 37.8 Å². The summed E-state index contributed by atoms with van der Waals surface area (Å²) in [5.74, 6) is 1.61. The maximum absolute atomic E-state index is 16.3. The lowest BCUT2D eigenvalue weighted by Crippen LogP contribution is -2.21. The van der Waals surface area contributed by atoms with E-state index in [4.69, 9.17) is 15.0 Å². The Kier molecular flexibility index (Phi) is 8.06. The van der Waals surface area contributed by atoms with Crippen LogP contribution in [0.25, 0.3) is 94.7 Å². The molecule has 0 aliphatic carbocycles. The third-order valence-corrected chi connectivity index (χ3v) is 15.3. The molecule has 0 fully saturated rings. The molecule has 6 heteroatoms. The van der Waals surface area contributed by atoms with Gasteiger partial charge in [-0.05, 0) is 56.3 Å². The number of benzene rings is 9. The highest BCUT2D eigenvalue weighted by Gasteiger charge is 2.42. The predicted molar refractivity (Wildman–Crippen MR) is 252 cm³/mol. The van der Waals surface area contributed by atoms with Crippen molar-refractivity contribution in [1.82, 2.24) is 19.5 Å². The first-order valence-corrected chi connectivity index (χ1v) is 22.2. The van der Waals surface area contributed by atoms with Gasteiger partial charge in [0.05, 0.1) is 11.0 Å². The first kappa shape index (κ1) is 35.2. The molecular formula is C55H35N4OP. The third-order valence-electron chi connectivity index (χ3n) is 12.1. The highest BCUT2D eigenvalue weighted by molar-refractivity contribution is 7.86. The molecule has 12 rings (SSSR count). The van der Waals surface area contributed by atoms with E-state index in [1.165, 1.54) is 0 Å². The summed E-state index contributed by atoms with van der Waals surface area (Å²) in [5.41, 5.74) is 10.1. The Hall–Kier alpha value is -7.72. The third kappa shape index (κ3) is 5.55. The van der Waals surface area contributed by atoms with Crippen molar-refractivity contribution in [1.29, 1.82) is 0 Å². The molecule has 5 nitrogen and oxygen atoms in total. The lowest BCUT2D eigenvalue weighted by atomic mass is 10.00. The van der Waals surface area contributed by atoms with Gasteiger partial charge in [-0.1, -0.05) is 200 Å². The van der Waals surface area contributed by atoms with Crippen molar-refractivity contribution in [2.75, 3.05) is 0 Å². The maximum Gasteiger partial charge on any atom is 0.238 e. The summed E-state index contributed by atoms with van der Waals surface area (Å²) in [7, 11) is -3.35. The van der Waals surface area contributed by atoms with Gasteiger partial charge in [0.15, 0.2) is 18.8 Å². The highest BCUT2D eigenvalue weighted by atomic mass is 31.2. The summed E-state index contributed by atoms with van der Waals surface area (Å²) >= 11 is 0. The topological polar surface area (TPSA) is 60.7 Å². The van der Waals surface area contributed by atoms with Gasteiger partial charge in [-0.15, -0.1) is 0 Å². The van der Waals surface area contributed by atoms with Crippen LogP contribution in [0.4, 0.5) is 0 Å². The van der Waals surface area contributed by atoms with Crippen LogP contribution in [0, 0.1) is 0 Å². The van der Waals surface area contributed by atoms with Crippen molar-refractivity contribution in [2.45, 2.75) is 0 Å². The zero-order valence-corrected chi connectivity index (χ0v) is 33.7. The summed E-state index contributed by atoms with van der Waals surface area (Å²) in [5, 5.41) is 6.71. The van der Waals surface area contributed by atoms with Crippen LogP contribution in [0.1, 0.15) is 0 Å². The average Bonchev–Trinajstić information content (AvgIpc) is 3.82. The van der Waals surface area contributed by atoms with Gasteiger partial charge in [0.1, 0.15) is 0 Å². The smallest absolute Gasteiger partial charge is 0.238 e. The van der Waals surface area contributed by atoms with Crippen molar-refractivity contribution in [3.05, 3.63) is 212 Å². The first-order chi connectivity index (χ1) is 30.1. The number of rotatable bonds is 6. The molecule has 0 amide bonds. The van der Waals surface area contributed by atoms with E-state index in [-0.39, 0.29) is 0 Å². The summed E-state index contributed by atoms with van der Waals surface area (Å²) in [6.45, 7) is 0. The van der Waals surface area contributed by atoms with Crippen molar-refractivity contribution in [3.63, 3.8) is 0 Å². The van der Waals surface area contributed by atoms with Gasteiger partial charge in [0.2, 0.25) is 5.95 Å². The number of nitrogens with zero attached hydrogens (tertiary/aromatic N) is 4. The van der Waals surface area contributed by atoms with Gasteiger partial charge < -0.3 is 4.57 Å². The molecule has 286 valence electrons. The molecule has 1 aliphatic heterocycles. The molecule has 1 aliphatic rings. The van der Waals surface area contributed by atoms with Crippen LogP contribution in [0.15, 0.2) is 212 Å². The molecule has 1 atom stereocenters. The SMILES string of the molecule is O=P1(c2ccccc2)c2ccccc2-c2ccc3c(c21)c1c2ccccc2ccc1n3-c1nc(-c2ccc(-c3ccccc3)cc2)nc(-c2ccc(-c3ccccc3)cc2)n1. The van der Waals surface area contributed by atoms with E-state index in [9.17, 15) is 0 Å². The molecule has 11 aromatic rings. The lowest BCUT2D eigenvalue weighted by Gasteiger charge is -2.17. The van der Waals surface area contributed by atoms with Crippen LogP contribution in [0.3, 0.4) is 0 Å². The van der Waals surface area contributed by atoms with Crippen LogP contribution in [-0.2, 0) is 4.57 Å². The van der Waals surface area contributed by atoms with Crippen molar-refractivity contribution in [2.24, 2.45) is 0 Å². The molecule has 2 aromatic heterocycles. The van der Waals surface area contributed by atoms with E-state index in [1.807, 2.05) is 60.7 Å². The number of aromatic nitrogens is 4. The molecular weight excluding hydrogens is 764 g/mol. The van der Waals surface area contributed by atoms with Gasteiger partial charge in [-0.2, -0.15) is 9.97 Å². The molecule has 1 unspecified atom stereocenters. The van der Waals surface area contributed by atoms with E-state index in [2.05, 4.69) is 156 Å². The van der Waals surface area contributed by atoms with E-state index < -0.39 is 7.14 Å². The molecule has 3 heterocycles. The van der Waals surface area contributed by atoms with Crippen molar-refractivity contribution < 1.29 is 4.57 Å². The van der Waals surface area contributed by atoms with Crippen LogP contribution in [0.5, 0.6) is 0 Å². The Labute approximate surface area is 352 Å². The van der Waals surface area contributed by atoms with E-state index in [0.29, 0.717) is 17.6 Å². The second-order valence-corrected chi connectivity index (χ2v) is 18.2. The molecule has 0 bridgehead atoms. The van der Waals surface area contributed by atoms with Crippen molar-refractivity contribution in [3.8, 4) is 62.1 Å². The zero-order chi connectivity index (χ0) is 40.5. The van der Waals surface area contributed by atoms with Gasteiger partial charge >= 0.3 is 0 Å². The lowest BCUT2D eigenvalue weighted by molar-refractivity contribution is 0.593. The molecule has 0 saturated carbocycles. The van der Waals surface area contributed by atoms with Crippen LogP contribution in [0.2, 0.25) is 0 Å². The summed E-state index contributed by atoms with van der Waals surface area (Å²) in [6.07, 6.45) is 0. The van der Waals surface area contributed by atoms with Crippen LogP contribution >= 0.6 is 7.14 Å². The molecule has 0 radical (unpaired) electrons. The summed E-state index contributed by atoms with van der Waals surface area (Å²) in [6, 6.07) is 72.8. The Morgan fingerprint density at radius 2 is 0.869 bits per heavy atom. The summed E-state index contributed by atoms with van der Waals surface area (Å²) < 4.78 is 18.4. The fraction of sp³-hybridized carbons (Fsp3) is 0. The van der Waals surface area contributed by atoms with Gasteiger partial charge in [-0.3, -0.25) is 4.57 Å². The Morgan fingerprint density at radius 3 is 1.51 bits per heavy atom. The average molecular weight is 799 g/mol. The standard InChI is InChI=1S/C55H35N4OP/c60-61(43-19-8-3-9-20-43)49-23-13-12-22-45(49)46-33-35-48-51(52(46)61)50-44-21-11-10-18-40(44)32-34-47(50)59(48)55-57-53(41-28-24-38(25-29-41)36-14-4-1-5-15-36)56-54(58-55)42-30-26-39(27-31-42)37-16-6-2-7-17-37/h1-35H. The second-order valence-electron chi connectivity index (χ2n) is 15.5. The van der Waals surface area contributed by atoms with E-state index >= 15 is 4.57 Å². The largest absolute Gasteiger partial charge is 0.309 e. The Bertz CT molecular complexity index is 3430. The number of hydrogen-bond acceptors (Lipinski definition) is 4. The second kappa shape index (κ2) is 13.9. The van der Waals surface area contributed by atoms with E-state index in [1.54, 1.807) is 0 Å². The minimum Gasteiger partial charge on any atom is -0.309 e. The molecule has 61 heavy (non-hydrogen) atoms. The maximum atomic E-state index is 16.3. The summed E-state index contributed by atoms with van der Waals surface area (Å²) in [4.78, 5) is 15.8. The molecule has 0 spiro atoms. The van der Waals surface area contributed by atoms with Crippen LogP contribution in [-0.4, -0.2) is 19.5 Å². The fourth-order valence-corrected chi connectivity index (χ4v) is 12.5. The van der Waals surface area contributed by atoms with Crippen LogP contribution < -0.4 is 15.9 Å². The molecule has 9 aromatic carbocycles. The van der Waals surface area contributed by atoms with Gasteiger partial charge in [0.25, 0.3) is 0 Å². The van der Waals surface area contributed by atoms with Crippen molar-refractivity contribution >= 4 is 55.6 Å². The monoisotopic (exact) mass is 798 g/mol. The first-order valence-electron chi connectivity index (χ1n) is 20.5. The molecule has 0 N–H and O–H groups in total. The molecule has 0 saturated heterocycles. The number of hydrogen-bond donors (Lipinski definition) is 0. The Morgan fingerprint density at radius 1 is 0.377 bits per heavy atom. The fourth-order valence-electron chi connectivity index (χ4n) is 9.22.